The molecule has 0 bridgehead atoms. The van der Waals surface area contributed by atoms with E-state index in [1.807, 2.05) is 0 Å². The largest absolute Gasteiger partial charge is 0.241 e. The molecule has 1 aliphatic rings. The van der Waals surface area contributed by atoms with Gasteiger partial charge in [0.15, 0.2) is 0 Å². The van der Waals surface area contributed by atoms with Crippen LogP contribution in [0.5, 0.6) is 0 Å². The van der Waals surface area contributed by atoms with E-state index in [1.54, 1.807) is 0 Å². The molecule has 1 rings (SSSR count). The van der Waals surface area contributed by atoms with E-state index in [4.69, 9.17) is 0 Å². The Morgan fingerprint density at radius 2 is 2.50 bits per heavy atom. The monoisotopic (exact) mass is 148 g/mol. The minimum atomic E-state index is 0.692. The molecule has 2 heteroatoms. The molecule has 0 aliphatic carbocycles. The minimum Gasteiger partial charge on any atom is -0.241 e. The second-order valence-corrected chi connectivity index (χ2v) is 2.81. The van der Waals surface area contributed by atoms with Crippen LogP contribution >= 0.6 is 15.9 Å². The molecule has 0 spiro atoms. The van der Waals surface area contributed by atoms with E-state index < -0.39 is 0 Å². The van der Waals surface area contributed by atoms with Crippen LogP contribution in [0, 0.1) is 0 Å². The highest BCUT2D eigenvalue weighted by molar-refractivity contribution is 9.09. The van der Waals surface area contributed by atoms with Gasteiger partial charge >= 0.3 is 0 Å². The summed E-state index contributed by atoms with van der Waals surface area (Å²) in [5, 5.41) is 4.12. The smallest absolute Gasteiger partial charge is 0.0300 e. The van der Waals surface area contributed by atoms with E-state index in [2.05, 4.69) is 21.2 Å². The van der Waals surface area contributed by atoms with Gasteiger partial charge in [0.1, 0.15) is 0 Å². The summed E-state index contributed by atoms with van der Waals surface area (Å²) in [4.78, 5) is 0.692. The molecule has 0 amide bonds. The number of hydrogen-bond donors (Lipinski definition) is 0. The number of rotatable bonds is 0. The molecule has 0 N–H and O–H groups in total. The van der Waals surface area contributed by atoms with Crippen molar-refractivity contribution in [3.05, 3.63) is 0 Å². The van der Waals surface area contributed by atoms with Gasteiger partial charge in [-0.05, 0) is 6.42 Å². The van der Waals surface area contributed by atoms with Crippen LogP contribution < -0.4 is 5.32 Å². The molecule has 1 heterocycles. The first-order valence-corrected chi connectivity index (χ1v) is 3.08. The number of nitrogens with zero attached hydrogens (tertiary/aromatic N) is 1. The number of halogens is 1. The van der Waals surface area contributed by atoms with Crippen LogP contribution in [0.25, 0.3) is 0 Å². The van der Waals surface area contributed by atoms with E-state index in [9.17, 15) is 0 Å². The summed E-state index contributed by atoms with van der Waals surface area (Å²) in [6.45, 7) is 2.09. The predicted octanol–water partition coefficient (Wildman–Crippen LogP) is 0.758. The highest BCUT2D eigenvalue weighted by Crippen LogP contribution is 2.07. The summed E-state index contributed by atoms with van der Waals surface area (Å²) in [6.07, 6.45) is 1.24. The maximum absolute atomic E-state index is 4.12. The van der Waals surface area contributed by atoms with E-state index >= 15 is 0 Å². The van der Waals surface area contributed by atoms with Crippen LogP contribution in [-0.2, 0) is 0 Å². The SMILES string of the molecule is BrC1CC[N]C1. The highest BCUT2D eigenvalue weighted by atomic mass is 79.9. The topological polar surface area (TPSA) is 14.1 Å². The molecular formula is C4H7BrN. The third kappa shape index (κ3) is 0.949. The van der Waals surface area contributed by atoms with Crippen molar-refractivity contribution in [2.45, 2.75) is 11.2 Å². The van der Waals surface area contributed by atoms with Gasteiger partial charge in [-0.15, -0.1) is 0 Å². The van der Waals surface area contributed by atoms with Crippen LogP contribution in [0.2, 0.25) is 0 Å². The molecule has 1 radical (unpaired) electrons. The van der Waals surface area contributed by atoms with E-state index in [0.717, 1.165) is 13.1 Å². The van der Waals surface area contributed by atoms with E-state index in [0.29, 0.717) is 4.83 Å². The fourth-order valence-electron chi connectivity index (χ4n) is 0.554. The van der Waals surface area contributed by atoms with Gasteiger partial charge in [-0.25, -0.2) is 5.32 Å². The molecule has 0 aromatic heterocycles. The average Bonchev–Trinajstić information content (AvgIpc) is 1.86. The van der Waals surface area contributed by atoms with Gasteiger partial charge in [0.05, 0.1) is 0 Å². The van der Waals surface area contributed by atoms with Crippen molar-refractivity contribution >= 4 is 15.9 Å². The van der Waals surface area contributed by atoms with Crippen molar-refractivity contribution in [2.75, 3.05) is 13.1 Å². The Morgan fingerprint density at radius 3 is 2.67 bits per heavy atom. The third-order valence-electron chi connectivity index (χ3n) is 0.928. The highest BCUT2D eigenvalue weighted by Gasteiger charge is 2.09. The predicted molar refractivity (Wildman–Crippen MR) is 29.2 cm³/mol. The van der Waals surface area contributed by atoms with Crippen LogP contribution in [0.4, 0.5) is 0 Å². The zero-order valence-corrected chi connectivity index (χ0v) is 5.11. The summed E-state index contributed by atoms with van der Waals surface area (Å²) < 4.78 is 0. The average molecular weight is 149 g/mol. The van der Waals surface area contributed by atoms with Crippen LogP contribution in [0.15, 0.2) is 0 Å². The molecule has 1 fully saturated rings. The van der Waals surface area contributed by atoms with E-state index in [1.165, 1.54) is 6.42 Å². The zero-order chi connectivity index (χ0) is 4.41. The van der Waals surface area contributed by atoms with Gasteiger partial charge in [-0.2, -0.15) is 0 Å². The lowest BCUT2D eigenvalue weighted by atomic mass is 10.4. The lowest BCUT2D eigenvalue weighted by Gasteiger charge is -1.87. The molecular weight excluding hydrogens is 142 g/mol. The van der Waals surface area contributed by atoms with Crippen molar-refractivity contribution in [1.29, 1.82) is 0 Å². The third-order valence-corrected chi connectivity index (χ3v) is 1.68. The molecule has 1 saturated heterocycles. The van der Waals surface area contributed by atoms with Crippen molar-refractivity contribution in [2.24, 2.45) is 0 Å². The Hall–Kier alpha value is 0.440. The Morgan fingerprint density at radius 1 is 1.67 bits per heavy atom. The summed E-state index contributed by atoms with van der Waals surface area (Å²) in [5.41, 5.74) is 0. The lowest BCUT2D eigenvalue weighted by molar-refractivity contribution is 0.839. The molecule has 1 unspecified atom stereocenters. The second kappa shape index (κ2) is 1.94. The number of hydrogen-bond acceptors (Lipinski definition) is 0. The summed E-state index contributed by atoms with van der Waals surface area (Å²) in [5.74, 6) is 0. The van der Waals surface area contributed by atoms with Crippen LogP contribution in [-0.4, -0.2) is 17.9 Å². The first-order valence-electron chi connectivity index (χ1n) is 2.17. The molecule has 0 aromatic rings. The molecule has 0 saturated carbocycles. The van der Waals surface area contributed by atoms with Crippen molar-refractivity contribution in [1.82, 2.24) is 5.32 Å². The van der Waals surface area contributed by atoms with Crippen LogP contribution in [0.1, 0.15) is 6.42 Å². The van der Waals surface area contributed by atoms with Crippen molar-refractivity contribution in [3.8, 4) is 0 Å². The Kier molecular flexibility index (Phi) is 1.48. The first kappa shape index (κ1) is 4.60. The second-order valence-electron chi connectivity index (χ2n) is 1.52. The van der Waals surface area contributed by atoms with Crippen molar-refractivity contribution < 1.29 is 0 Å². The first-order chi connectivity index (χ1) is 2.89. The lowest BCUT2D eigenvalue weighted by Crippen LogP contribution is -1.98. The Bertz CT molecular complexity index is 40.8. The van der Waals surface area contributed by atoms with Gasteiger partial charge in [-0.1, -0.05) is 15.9 Å². The molecule has 1 nitrogen and oxygen atoms in total. The normalized spacial score (nSPS) is 34.5. The summed E-state index contributed by atoms with van der Waals surface area (Å²) >= 11 is 3.44. The maximum atomic E-state index is 4.12. The number of alkyl halides is 1. The van der Waals surface area contributed by atoms with Gasteiger partial charge in [0, 0.05) is 17.9 Å². The van der Waals surface area contributed by atoms with Gasteiger partial charge < -0.3 is 0 Å². The van der Waals surface area contributed by atoms with Crippen molar-refractivity contribution in [3.63, 3.8) is 0 Å². The summed E-state index contributed by atoms with van der Waals surface area (Å²) in [6, 6.07) is 0. The Balaban J connectivity index is 2.18. The zero-order valence-electron chi connectivity index (χ0n) is 3.52. The van der Waals surface area contributed by atoms with Gasteiger partial charge in [0.2, 0.25) is 0 Å². The van der Waals surface area contributed by atoms with Gasteiger partial charge in [0.25, 0.3) is 0 Å². The molecule has 35 valence electrons. The maximum Gasteiger partial charge on any atom is 0.0300 e. The van der Waals surface area contributed by atoms with Crippen LogP contribution in [0.3, 0.4) is 0 Å². The molecule has 6 heavy (non-hydrogen) atoms. The quantitative estimate of drug-likeness (QED) is 0.451. The summed E-state index contributed by atoms with van der Waals surface area (Å²) in [7, 11) is 0. The van der Waals surface area contributed by atoms with E-state index in [-0.39, 0.29) is 0 Å². The standard InChI is InChI=1S/C4H7BrN/c5-4-1-2-6-3-4/h4H,1-3H2. The minimum absolute atomic E-state index is 0.692. The fourth-order valence-corrected chi connectivity index (χ4v) is 0.964. The van der Waals surface area contributed by atoms with Gasteiger partial charge in [-0.3, -0.25) is 0 Å². The molecule has 1 atom stereocenters. The Labute approximate surface area is 46.2 Å². The molecule has 1 aliphatic heterocycles. The molecule has 0 aromatic carbocycles. The fraction of sp³-hybridized carbons (Fsp3) is 1.00.